The first-order valence-electron chi connectivity index (χ1n) is 4.31. The number of hydrogen-bond acceptors (Lipinski definition) is 3. The molecule has 0 unspecified atom stereocenters. The summed E-state index contributed by atoms with van der Waals surface area (Å²) < 4.78 is 0. The first-order chi connectivity index (χ1) is 5.86. The van der Waals surface area contributed by atoms with Crippen LogP contribution in [0, 0.1) is 0 Å². The Labute approximate surface area is 76.4 Å². The van der Waals surface area contributed by atoms with Crippen LogP contribution in [0.4, 0.5) is 5.69 Å². The average Bonchev–Trinajstić information content (AvgIpc) is 2.58. The van der Waals surface area contributed by atoms with Crippen molar-refractivity contribution in [2.24, 2.45) is 0 Å². The van der Waals surface area contributed by atoms with Gasteiger partial charge in [0.1, 0.15) is 0 Å². The van der Waals surface area contributed by atoms with Crippen LogP contribution < -0.4 is 4.90 Å². The molecule has 12 heavy (non-hydrogen) atoms. The SMILES string of the molecule is OC1CCN(c2ccsc2)CC1. The molecule has 0 aromatic carbocycles. The van der Waals surface area contributed by atoms with Crippen molar-refractivity contribution in [1.29, 1.82) is 0 Å². The summed E-state index contributed by atoms with van der Waals surface area (Å²) in [6.45, 7) is 2.00. The molecule has 66 valence electrons. The van der Waals surface area contributed by atoms with E-state index in [9.17, 15) is 5.11 Å². The molecule has 1 saturated heterocycles. The summed E-state index contributed by atoms with van der Waals surface area (Å²) in [5.74, 6) is 0. The summed E-state index contributed by atoms with van der Waals surface area (Å²) in [7, 11) is 0. The van der Waals surface area contributed by atoms with Gasteiger partial charge in [-0.1, -0.05) is 0 Å². The molecule has 3 heteroatoms. The van der Waals surface area contributed by atoms with Gasteiger partial charge in [0.15, 0.2) is 0 Å². The standard InChI is InChI=1S/C9H13NOS/c11-9-1-4-10(5-2-9)8-3-6-12-7-8/h3,6-7,9,11H,1-2,4-5H2. The van der Waals surface area contributed by atoms with E-state index >= 15 is 0 Å². The Morgan fingerprint density at radius 3 is 2.75 bits per heavy atom. The van der Waals surface area contributed by atoms with Crippen molar-refractivity contribution < 1.29 is 5.11 Å². The first kappa shape index (κ1) is 8.08. The van der Waals surface area contributed by atoms with Gasteiger partial charge in [0, 0.05) is 24.2 Å². The van der Waals surface area contributed by atoms with Gasteiger partial charge in [-0.15, -0.1) is 0 Å². The number of nitrogens with zero attached hydrogens (tertiary/aromatic N) is 1. The number of aliphatic hydroxyl groups is 1. The third kappa shape index (κ3) is 1.62. The Morgan fingerprint density at radius 1 is 1.42 bits per heavy atom. The summed E-state index contributed by atoms with van der Waals surface area (Å²) >= 11 is 1.73. The molecule has 2 nitrogen and oxygen atoms in total. The molecule has 1 aliphatic rings. The molecule has 2 heterocycles. The minimum Gasteiger partial charge on any atom is -0.393 e. The molecule has 2 rings (SSSR count). The van der Waals surface area contributed by atoms with Gasteiger partial charge < -0.3 is 10.0 Å². The van der Waals surface area contributed by atoms with Gasteiger partial charge in [-0.25, -0.2) is 0 Å². The summed E-state index contributed by atoms with van der Waals surface area (Å²) in [5, 5.41) is 13.6. The highest BCUT2D eigenvalue weighted by Gasteiger charge is 2.16. The van der Waals surface area contributed by atoms with Gasteiger partial charge in [0.2, 0.25) is 0 Å². The highest BCUT2D eigenvalue weighted by atomic mass is 32.1. The Morgan fingerprint density at radius 2 is 2.17 bits per heavy atom. The Kier molecular flexibility index (Phi) is 2.33. The molecule has 0 aliphatic carbocycles. The van der Waals surface area contributed by atoms with Crippen LogP contribution in [0.1, 0.15) is 12.8 Å². The second kappa shape index (κ2) is 3.46. The van der Waals surface area contributed by atoms with Crippen LogP contribution in [-0.4, -0.2) is 24.3 Å². The zero-order chi connectivity index (χ0) is 8.39. The number of piperidine rings is 1. The van der Waals surface area contributed by atoms with Crippen LogP contribution in [0.2, 0.25) is 0 Å². The molecule has 0 radical (unpaired) electrons. The fraction of sp³-hybridized carbons (Fsp3) is 0.556. The lowest BCUT2D eigenvalue weighted by molar-refractivity contribution is 0.145. The highest BCUT2D eigenvalue weighted by molar-refractivity contribution is 7.08. The molecule has 1 aromatic rings. The third-order valence-corrected chi connectivity index (χ3v) is 3.01. The van der Waals surface area contributed by atoms with E-state index < -0.39 is 0 Å². The van der Waals surface area contributed by atoms with Gasteiger partial charge >= 0.3 is 0 Å². The lowest BCUT2D eigenvalue weighted by Crippen LogP contribution is -2.35. The molecule has 1 fully saturated rings. The number of aliphatic hydroxyl groups excluding tert-OH is 1. The Bertz CT molecular complexity index is 227. The average molecular weight is 183 g/mol. The van der Waals surface area contributed by atoms with Gasteiger partial charge in [-0.05, 0) is 24.3 Å². The number of thiophene rings is 1. The van der Waals surface area contributed by atoms with Crippen molar-refractivity contribution in [3.05, 3.63) is 16.8 Å². The maximum Gasteiger partial charge on any atom is 0.0574 e. The lowest BCUT2D eigenvalue weighted by atomic mass is 10.1. The van der Waals surface area contributed by atoms with E-state index in [1.54, 1.807) is 11.3 Å². The van der Waals surface area contributed by atoms with E-state index in [1.807, 2.05) is 0 Å². The van der Waals surface area contributed by atoms with Crippen molar-refractivity contribution in [3.8, 4) is 0 Å². The van der Waals surface area contributed by atoms with Crippen LogP contribution in [0.25, 0.3) is 0 Å². The number of hydrogen-bond donors (Lipinski definition) is 1. The lowest BCUT2D eigenvalue weighted by Gasteiger charge is -2.30. The second-order valence-electron chi connectivity index (χ2n) is 3.20. The summed E-state index contributed by atoms with van der Waals surface area (Å²) in [5.41, 5.74) is 1.31. The van der Waals surface area contributed by atoms with Crippen molar-refractivity contribution in [2.75, 3.05) is 18.0 Å². The maximum absolute atomic E-state index is 9.30. The first-order valence-corrected chi connectivity index (χ1v) is 5.26. The maximum atomic E-state index is 9.30. The van der Waals surface area contributed by atoms with Crippen LogP contribution in [0.3, 0.4) is 0 Å². The van der Waals surface area contributed by atoms with Crippen LogP contribution in [0.5, 0.6) is 0 Å². The second-order valence-corrected chi connectivity index (χ2v) is 3.98. The van der Waals surface area contributed by atoms with Crippen LogP contribution in [0.15, 0.2) is 16.8 Å². The Hall–Kier alpha value is -0.540. The largest absolute Gasteiger partial charge is 0.393 e. The third-order valence-electron chi connectivity index (χ3n) is 2.34. The van der Waals surface area contributed by atoms with Crippen LogP contribution in [-0.2, 0) is 0 Å². The van der Waals surface area contributed by atoms with E-state index in [4.69, 9.17) is 0 Å². The van der Waals surface area contributed by atoms with E-state index in [1.165, 1.54) is 5.69 Å². The monoisotopic (exact) mass is 183 g/mol. The van der Waals surface area contributed by atoms with Gasteiger partial charge in [0.05, 0.1) is 6.10 Å². The predicted octanol–water partition coefficient (Wildman–Crippen LogP) is 1.71. The normalized spacial score (nSPS) is 19.9. The zero-order valence-electron chi connectivity index (χ0n) is 6.94. The minimum atomic E-state index is -0.0696. The number of rotatable bonds is 1. The molecule has 1 aliphatic heterocycles. The van der Waals surface area contributed by atoms with Gasteiger partial charge in [0.25, 0.3) is 0 Å². The van der Waals surface area contributed by atoms with Crippen molar-refractivity contribution >= 4 is 17.0 Å². The van der Waals surface area contributed by atoms with E-state index in [2.05, 4.69) is 21.7 Å². The molecule has 0 bridgehead atoms. The van der Waals surface area contributed by atoms with Crippen molar-refractivity contribution in [3.63, 3.8) is 0 Å². The summed E-state index contributed by atoms with van der Waals surface area (Å²) in [4.78, 5) is 2.34. The Balaban J connectivity index is 1.99. The zero-order valence-corrected chi connectivity index (χ0v) is 7.76. The van der Waals surface area contributed by atoms with Crippen molar-refractivity contribution in [2.45, 2.75) is 18.9 Å². The molecule has 0 spiro atoms. The molecule has 0 atom stereocenters. The molecule has 0 saturated carbocycles. The minimum absolute atomic E-state index is 0.0696. The fourth-order valence-electron chi connectivity index (χ4n) is 1.56. The highest BCUT2D eigenvalue weighted by Crippen LogP contribution is 2.22. The van der Waals surface area contributed by atoms with Crippen molar-refractivity contribution in [1.82, 2.24) is 0 Å². The molecule has 1 N–H and O–H groups in total. The molecule has 1 aromatic heterocycles. The molecular formula is C9H13NOS. The van der Waals surface area contributed by atoms with E-state index in [0.717, 1.165) is 25.9 Å². The summed E-state index contributed by atoms with van der Waals surface area (Å²) in [6.07, 6.45) is 1.76. The summed E-state index contributed by atoms with van der Waals surface area (Å²) in [6, 6.07) is 2.14. The number of anilines is 1. The van der Waals surface area contributed by atoms with Crippen LogP contribution >= 0.6 is 11.3 Å². The topological polar surface area (TPSA) is 23.5 Å². The van der Waals surface area contributed by atoms with Gasteiger partial charge in [-0.2, -0.15) is 11.3 Å². The predicted molar refractivity (Wildman–Crippen MR) is 51.8 cm³/mol. The quantitative estimate of drug-likeness (QED) is 0.716. The fourth-order valence-corrected chi connectivity index (χ4v) is 2.22. The van der Waals surface area contributed by atoms with E-state index in [-0.39, 0.29) is 6.10 Å². The smallest absolute Gasteiger partial charge is 0.0574 e. The molecular weight excluding hydrogens is 170 g/mol. The van der Waals surface area contributed by atoms with Gasteiger partial charge in [-0.3, -0.25) is 0 Å². The molecule has 0 amide bonds. The van der Waals surface area contributed by atoms with E-state index in [0.29, 0.717) is 0 Å².